The number of halogens is 1. The van der Waals surface area contributed by atoms with Gasteiger partial charge < -0.3 is 20.1 Å². The predicted molar refractivity (Wildman–Crippen MR) is 121 cm³/mol. The molecule has 0 bridgehead atoms. The van der Waals surface area contributed by atoms with E-state index in [9.17, 15) is 8.42 Å². The smallest absolute Gasteiger partial charge is 0.243 e. The number of aromatic nitrogens is 2. The summed E-state index contributed by atoms with van der Waals surface area (Å²) in [6.07, 6.45) is 1.72. The van der Waals surface area contributed by atoms with E-state index < -0.39 is 10.0 Å². The summed E-state index contributed by atoms with van der Waals surface area (Å²) in [4.78, 5) is 9.15. The number of anilines is 2. The third-order valence-electron chi connectivity index (χ3n) is 5.40. The first-order valence-electron chi connectivity index (χ1n) is 10.3. The number of ether oxygens (including phenoxy) is 2. The van der Waals surface area contributed by atoms with E-state index >= 15 is 0 Å². The lowest BCUT2D eigenvalue weighted by atomic mass is 10.2. The minimum atomic E-state index is -3.60. The van der Waals surface area contributed by atoms with Crippen LogP contribution in [-0.2, 0) is 14.8 Å². The lowest BCUT2D eigenvalue weighted by molar-refractivity contribution is 0.0730. The molecule has 2 aromatic carbocycles. The first-order chi connectivity index (χ1) is 15.5. The third-order valence-corrected chi connectivity index (χ3v) is 7.62. The van der Waals surface area contributed by atoms with Gasteiger partial charge in [0.15, 0.2) is 0 Å². The molecule has 2 fully saturated rings. The lowest BCUT2D eigenvalue weighted by Gasteiger charge is -2.28. The zero-order valence-corrected chi connectivity index (χ0v) is 18.7. The maximum atomic E-state index is 13.0. The molecule has 3 heterocycles. The van der Waals surface area contributed by atoms with Crippen LogP contribution in [0.15, 0.2) is 47.5 Å². The molecule has 11 heteroatoms. The summed E-state index contributed by atoms with van der Waals surface area (Å²) in [5, 5.41) is 7.49. The van der Waals surface area contributed by atoms with Crippen molar-refractivity contribution < 1.29 is 17.9 Å². The normalized spacial score (nSPS) is 17.8. The number of nitrogens with zero attached hydrogens (tertiary/aromatic N) is 3. The highest BCUT2D eigenvalue weighted by molar-refractivity contribution is 7.89. The summed E-state index contributed by atoms with van der Waals surface area (Å²) >= 11 is 6.32. The molecule has 2 N–H and O–H groups in total. The summed E-state index contributed by atoms with van der Waals surface area (Å²) in [6, 6.07) is 10.2. The van der Waals surface area contributed by atoms with Crippen molar-refractivity contribution in [2.75, 3.05) is 44.7 Å². The van der Waals surface area contributed by atoms with Crippen molar-refractivity contribution in [3.05, 3.63) is 47.6 Å². The fourth-order valence-electron chi connectivity index (χ4n) is 3.54. The van der Waals surface area contributed by atoms with Crippen LogP contribution >= 0.6 is 11.6 Å². The Hall–Kier alpha value is -2.50. The van der Waals surface area contributed by atoms with Gasteiger partial charge in [-0.3, -0.25) is 0 Å². The van der Waals surface area contributed by atoms with Crippen molar-refractivity contribution in [2.24, 2.45) is 0 Å². The molecule has 0 saturated carbocycles. The quantitative estimate of drug-likeness (QED) is 0.560. The molecule has 3 aromatic rings. The molecule has 0 atom stereocenters. The Labute approximate surface area is 190 Å². The van der Waals surface area contributed by atoms with Gasteiger partial charge in [0.25, 0.3) is 0 Å². The summed E-state index contributed by atoms with van der Waals surface area (Å²) in [7, 11) is -3.60. The molecule has 0 radical (unpaired) electrons. The topological polar surface area (TPSA) is 106 Å². The Kier molecular flexibility index (Phi) is 5.87. The van der Waals surface area contributed by atoms with E-state index in [-0.39, 0.29) is 11.0 Å². The Morgan fingerprint density at radius 1 is 1.19 bits per heavy atom. The Balaban J connectivity index is 1.43. The van der Waals surface area contributed by atoms with Gasteiger partial charge in [-0.2, -0.15) is 4.31 Å². The minimum Gasteiger partial charge on any atom is -0.485 e. The molecule has 0 amide bonds. The Morgan fingerprint density at radius 2 is 2.00 bits per heavy atom. The second kappa shape index (κ2) is 8.80. The fourth-order valence-corrected chi connectivity index (χ4v) is 5.20. The number of rotatable bonds is 6. The zero-order chi connectivity index (χ0) is 22.1. The van der Waals surface area contributed by atoms with Crippen molar-refractivity contribution in [2.45, 2.75) is 11.0 Å². The van der Waals surface area contributed by atoms with Crippen LogP contribution in [0.2, 0.25) is 5.02 Å². The van der Waals surface area contributed by atoms with E-state index in [2.05, 4.69) is 20.6 Å². The van der Waals surface area contributed by atoms with Gasteiger partial charge in [0.2, 0.25) is 16.0 Å². The highest BCUT2D eigenvalue weighted by Crippen LogP contribution is 2.32. The number of hydrogen-bond donors (Lipinski definition) is 2. The number of morpholine rings is 1. The van der Waals surface area contributed by atoms with Crippen molar-refractivity contribution in [1.82, 2.24) is 19.6 Å². The van der Waals surface area contributed by atoms with Crippen LogP contribution < -0.4 is 15.4 Å². The first-order valence-corrected chi connectivity index (χ1v) is 12.1. The Morgan fingerprint density at radius 3 is 2.75 bits per heavy atom. The molecular formula is C21H22ClN5O4S. The molecule has 168 valence electrons. The molecular weight excluding hydrogens is 454 g/mol. The highest BCUT2D eigenvalue weighted by atomic mass is 35.5. The standard InChI is InChI=1S/C21H22ClN5O4S/c22-18-4-5-19(31-15-11-23-12-15)20-17(18)13-24-21(26-20)25-14-2-1-3-16(10-14)32(28,29)27-6-8-30-9-7-27/h1-5,10,13,15,23H,6-9,11-12H2,(H,24,25,26). The van der Waals surface area contributed by atoms with Crippen LogP contribution in [0.1, 0.15) is 0 Å². The molecule has 5 rings (SSSR count). The first kappa shape index (κ1) is 21.4. The van der Waals surface area contributed by atoms with Crippen LogP contribution in [0, 0.1) is 0 Å². The van der Waals surface area contributed by atoms with Gasteiger partial charge >= 0.3 is 0 Å². The Bertz CT molecular complexity index is 1250. The summed E-state index contributed by atoms with van der Waals surface area (Å²) in [5.41, 5.74) is 1.16. The molecule has 0 unspecified atom stereocenters. The van der Waals surface area contributed by atoms with Gasteiger partial charge in [-0.15, -0.1) is 0 Å². The average Bonchev–Trinajstić information content (AvgIpc) is 2.78. The van der Waals surface area contributed by atoms with Gasteiger partial charge in [-0.1, -0.05) is 17.7 Å². The predicted octanol–water partition coefficient (Wildman–Crippen LogP) is 2.40. The lowest BCUT2D eigenvalue weighted by Crippen LogP contribution is -2.50. The van der Waals surface area contributed by atoms with E-state index in [0.717, 1.165) is 13.1 Å². The molecule has 0 spiro atoms. The van der Waals surface area contributed by atoms with Crippen LogP contribution in [0.25, 0.3) is 10.9 Å². The molecule has 32 heavy (non-hydrogen) atoms. The highest BCUT2D eigenvalue weighted by Gasteiger charge is 2.26. The number of nitrogens with one attached hydrogen (secondary N) is 2. The van der Waals surface area contributed by atoms with Crippen LogP contribution in [0.3, 0.4) is 0 Å². The van der Waals surface area contributed by atoms with E-state index in [1.165, 1.54) is 4.31 Å². The van der Waals surface area contributed by atoms with Gasteiger partial charge in [0, 0.05) is 43.4 Å². The van der Waals surface area contributed by atoms with Crippen molar-refractivity contribution in [3.63, 3.8) is 0 Å². The summed E-state index contributed by atoms with van der Waals surface area (Å²) in [5.74, 6) is 0.947. The molecule has 2 aliphatic rings. The maximum absolute atomic E-state index is 13.0. The second-order valence-electron chi connectivity index (χ2n) is 7.57. The minimum absolute atomic E-state index is 0.0906. The van der Waals surface area contributed by atoms with Gasteiger partial charge in [0.1, 0.15) is 17.4 Å². The zero-order valence-electron chi connectivity index (χ0n) is 17.1. The monoisotopic (exact) mass is 475 g/mol. The molecule has 9 nitrogen and oxygen atoms in total. The summed E-state index contributed by atoms with van der Waals surface area (Å²) in [6.45, 7) is 3.04. The molecule has 0 aliphatic carbocycles. The second-order valence-corrected chi connectivity index (χ2v) is 9.91. The average molecular weight is 476 g/mol. The van der Waals surface area contributed by atoms with Gasteiger partial charge in [-0.05, 0) is 30.3 Å². The van der Waals surface area contributed by atoms with E-state index in [1.807, 2.05) is 0 Å². The van der Waals surface area contributed by atoms with Crippen LogP contribution in [0.4, 0.5) is 11.6 Å². The number of benzene rings is 2. The molecule has 2 saturated heterocycles. The largest absolute Gasteiger partial charge is 0.485 e. The molecule has 1 aromatic heterocycles. The van der Waals surface area contributed by atoms with Crippen molar-refractivity contribution in [3.8, 4) is 5.75 Å². The van der Waals surface area contributed by atoms with E-state index in [1.54, 1.807) is 42.6 Å². The third kappa shape index (κ3) is 4.24. The molecule has 2 aliphatic heterocycles. The fraction of sp³-hybridized carbons (Fsp3) is 0.333. The number of sulfonamides is 1. The van der Waals surface area contributed by atoms with Gasteiger partial charge in [0.05, 0.1) is 23.1 Å². The van der Waals surface area contributed by atoms with E-state index in [0.29, 0.717) is 59.6 Å². The SMILES string of the molecule is O=S(=O)(c1cccc(Nc2ncc3c(Cl)ccc(OC4CNC4)c3n2)c1)N1CCOCC1. The van der Waals surface area contributed by atoms with Crippen molar-refractivity contribution >= 4 is 44.2 Å². The van der Waals surface area contributed by atoms with Crippen molar-refractivity contribution in [1.29, 1.82) is 0 Å². The number of fused-ring (bicyclic) bond motifs is 1. The van der Waals surface area contributed by atoms with Crippen LogP contribution in [-0.4, -0.2) is 68.2 Å². The van der Waals surface area contributed by atoms with E-state index in [4.69, 9.17) is 21.1 Å². The maximum Gasteiger partial charge on any atom is 0.243 e. The summed E-state index contributed by atoms with van der Waals surface area (Å²) < 4.78 is 38.6. The van der Waals surface area contributed by atoms with Crippen LogP contribution in [0.5, 0.6) is 5.75 Å². The van der Waals surface area contributed by atoms with Gasteiger partial charge in [-0.25, -0.2) is 18.4 Å². The number of hydrogen-bond acceptors (Lipinski definition) is 8.